The van der Waals surface area contributed by atoms with Gasteiger partial charge in [0.15, 0.2) is 5.13 Å². The number of thiazole rings is 1. The maximum Gasteiger partial charge on any atom is 0.323 e. The van der Waals surface area contributed by atoms with E-state index in [1.165, 1.54) is 11.3 Å². The van der Waals surface area contributed by atoms with E-state index in [4.69, 9.17) is 4.74 Å². The van der Waals surface area contributed by atoms with Gasteiger partial charge in [-0.3, -0.25) is 5.32 Å². The minimum atomic E-state index is -0.121. The minimum absolute atomic E-state index is 0.0630. The molecular weight excluding hydrogens is 274 g/mol. The molecule has 5 nitrogen and oxygen atoms in total. The minimum Gasteiger partial charge on any atom is -0.370 e. The fraction of sp³-hybridized carbons (Fsp3) is 0.286. The number of morpholine rings is 1. The van der Waals surface area contributed by atoms with Crippen LogP contribution in [0.5, 0.6) is 0 Å². The Bertz CT molecular complexity index is 559. The molecule has 1 N–H and O–H groups in total. The first-order valence-corrected chi connectivity index (χ1v) is 7.33. The van der Waals surface area contributed by atoms with Crippen molar-refractivity contribution in [2.75, 3.05) is 25.0 Å². The quantitative estimate of drug-likeness (QED) is 0.925. The Hall–Kier alpha value is -1.92. The fourth-order valence-electron chi connectivity index (χ4n) is 2.16. The fourth-order valence-corrected chi connectivity index (χ4v) is 2.68. The predicted molar refractivity (Wildman–Crippen MR) is 77.8 cm³/mol. The highest BCUT2D eigenvalue weighted by Gasteiger charge is 2.25. The number of urea groups is 1. The molecule has 1 aromatic carbocycles. The monoisotopic (exact) mass is 289 g/mol. The first-order chi connectivity index (χ1) is 9.83. The largest absolute Gasteiger partial charge is 0.370 e. The Kier molecular flexibility index (Phi) is 3.94. The van der Waals surface area contributed by atoms with Gasteiger partial charge in [-0.1, -0.05) is 30.3 Å². The van der Waals surface area contributed by atoms with Crippen LogP contribution < -0.4 is 5.32 Å². The number of hydrogen-bond acceptors (Lipinski definition) is 4. The average Bonchev–Trinajstić information content (AvgIpc) is 3.01. The highest BCUT2D eigenvalue weighted by molar-refractivity contribution is 7.13. The Labute approximate surface area is 121 Å². The van der Waals surface area contributed by atoms with Gasteiger partial charge in [-0.2, -0.15) is 0 Å². The lowest BCUT2D eigenvalue weighted by molar-refractivity contribution is -0.0135. The second kappa shape index (κ2) is 6.02. The summed E-state index contributed by atoms with van der Waals surface area (Å²) in [6, 6.07) is 9.85. The van der Waals surface area contributed by atoms with Crippen LogP contribution in [-0.4, -0.2) is 35.6 Å². The number of benzene rings is 1. The van der Waals surface area contributed by atoms with Gasteiger partial charge >= 0.3 is 6.03 Å². The summed E-state index contributed by atoms with van der Waals surface area (Å²) in [6.45, 7) is 1.70. The van der Waals surface area contributed by atoms with Crippen molar-refractivity contribution in [3.63, 3.8) is 0 Å². The number of aromatic nitrogens is 1. The highest BCUT2D eigenvalue weighted by atomic mass is 32.1. The number of nitrogens with zero attached hydrogens (tertiary/aromatic N) is 2. The molecule has 0 spiro atoms. The third-order valence-corrected chi connectivity index (χ3v) is 3.86. The van der Waals surface area contributed by atoms with Gasteiger partial charge in [0.1, 0.15) is 6.10 Å². The van der Waals surface area contributed by atoms with Crippen LogP contribution >= 0.6 is 11.3 Å². The van der Waals surface area contributed by atoms with E-state index >= 15 is 0 Å². The normalized spacial score (nSPS) is 18.8. The summed E-state index contributed by atoms with van der Waals surface area (Å²) in [7, 11) is 0. The lowest BCUT2D eigenvalue weighted by Crippen LogP contribution is -2.44. The van der Waals surface area contributed by atoms with Gasteiger partial charge in [0.25, 0.3) is 0 Å². The summed E-state index contributed by atoms with van der Waals surface area (Å²) >= 11 is 1.41. The number of carbonyl (C=O) groups is 1. The van der Waals surface area contributed by atoms with Crippen molar-refractivity contribution in [3.8, 4) is 0 Å². The maximum atomic E-state index is 12.2. The molecule has 1 aliphatic heterocycles. The van der Waals surface area contributed by atoms with Gasteiger partial charge < -0.3 is 9.64 Å². The zero-order chi connectivity index (χ0) is 13.8. The SMILES string of the molecule is O=C(Nc1nccs1)N1CCOC(c2ccccc2)C1. The number of amides is 2. The van der Waals surface area contributed by atoms with E-state index in [2.05, 4.69) is 10.3 Å². The maximum absolute atomic E-state index is 12.2. The molecule has 20 heavy (non-hydrogen) atoms. The number of nitrogens with one attached hydrogen (secondary N) is 1. The summed E-state index contributed by atoms with van der Waals surface area (Å²) in [4.78, 5) is 18.0. The van der Waals surface area contributed by atoms with Crippen molar-refractivity contribution < 1.29 is 9.53 Å². The Morgan fingerprint density at radius 3 is 3.00 bits per heavy atom. The number of rotatable bonds is 2. The van der Waals surface area contributed by atoms with Gasteiger partial charge in [-0.25, -0.2) is 9.78 Å². The molecule has 104 valence electrons. The lowest BCUT2D eigenvalue weighted by atomic mass is 10.1. The Balaban J connectivity index is 1.64. The standard InChI is InChI=1S/C14H15N3O2S/c18-14(16-13-15-6-9-20-13)17-7-8-19-12(10-17)11-4-2-1-3-5-11/h1-6,9,12H,7-8,10H2,(H,15,16,18). The molecule has 2 amide bonds. The highest BCUT2D eigenvalue weighted by Crippen LogP contribution is 2.22. The molecule has 1 unspecified atom stereocenters. The van der Waals surface area contributed by atoms with Crippen molar-refractivity contribution in [2.24, 2.45) is 0 Å². The first-order valence-electron chi connectivity index (χ1n) is 6.45. The van der Waals surface area contributed by atoms with E-state index in [-0.39, 0.29) is 12.1 Å². The first kappa shape index (κ1) is 13.1. The summed E-state index contributed by atoms with van der Waals surface area (Å²) in [5.41, 5.74) is 1.10. The molecule has 6 heteroatoms. The van der Waals surface area contributed by atoms with E-state index in [1.807, 2.05) is 35.7 Å². The molecule has 3 rings (SSSR count). The lowest BCUT2D eigenvalue weighted by Gasteiger charge is -2.32. The Morgan fingerprint density at radius 2 is 2.25 bits per heavy atom. The van der Waals surface area contributed by atoms with Gasteiger partial charge in [-0.05, 0) is 5.56 Å². The van der Waals surface area contributed by atoms with E-state index in [9.17, 15) is 4.79 Å². The molecule has 0 saturated carbocycles. The van der Waals surface area contributed by atoms with Crippen molar-refractivity contribution in [3.05, 3.63) is 47.5 Å². The van der Waals surface area contributed by atoms with Gasteiger partial charge in [-0.15, -0.1) is 11.3 Å². The second-order valence-corrected chi connectivity index (χ2v) is 5.38. The molecule has 1 aliphatic rings. The van der Waals surface area contributed by atoms with Crippen LogP contribution in [0.4, 0.5) is 9.93 Å². The van der Waals surface area contributed by atoms with E-state index in [0.717, 1.165) is 5.56 Å². The van der Waals surface area contributed by atoms with Crippen LogP contribution in [0.1, 0.15) is 11.7 Å². The smallest absolute Gasteiger partial charge is 0.323 e. The van der Waals surface area contributed by atoms with E-state index in [0.29, 0.717) is 24.8 Å². The van der Waals surface area contributed by atoms with Crippen molar-refractivity contribution in [1.29, 1.82) is 0 Å². The van der Waals surface area contributed by atoms with E-state index in [1.54, 1.807) is 11.1 Å². The molecule has 0 bridgehead atoms. The molecule has 1 aromatic heterocycles. The average molecular weight is 289 g/mol. The second-order valence-electron chi connectivity index (χ2n) is 4.48. The van der Waals surface area contributed by atoms with Gasteiger partial charge in [0.05, 0.1) is 13.2 Å². The number of carbonyl (C=O) groups excluding carboxylic acids is 1. The van der Waals surface area contributed by atoms with E-state index < -0.39 is 0 Å². The van der Waals surface area contributed by atoms with Crippen LogP contribution in [0, 0.1) is 0 Å². The van der Waals surface area contributed by atoms with Crippen molar-refractivity contribution in [2.45, 2.75) is 6.10 Å². The molecule has 0 aliphatic carbocycles. The molecule has 2 aromatic rings. The Morgan fingerprint density at radius 1 is 1.40 bits per heavy atom. The summed E-state index contributed by atoms with van der Waals surface area (Å²) < 4.78 is 5.74. The van der Waals surface area contributed by atoms with Crippen LogP contribution in [0.15, 0.2) is 41.9 Å². The number of ether oxygens (including phenoxy) is 1. The number of hydrogen-bond donors (Lipinski definition) is 1. The van der Waals surface area contributed by atoms with Crippen molar-refractivity contribution >= 4 is 22.5 Å². The number of anilines is 1. The van der Waals surface area contributed by atoms with Crippen molar-refractivity contribution in [1.82, 2.24) is 9.88 Å². The molecule has 1 saturated heterocycles. The third-order valence-electron chi connectivity index (χ3n) is 3.17. The molecule has 1 atom stereocenters. The van der Waals surface area contributed by atoms with Crippen LogP contribution in [0.3, 0.4) is 0 Å². The summed E-state index contributed by atoms with van der Waals surface area (Å²) in [6.07, 6.45) is 1.61. The van der Waals surface area contributed by atoms with Gasteiger partial charge in [0, 0.05) is 18.1 Å². The third kappa shape index (κ3) is 2.97. The van der Waals surface area contributed by atoms with Gasteiger partial charge in [0.2, 0.25) is 0 Å². The van der Waals surface area contributed by atoms with Crippen LogP contribution in [0.25, 0.3) is 0 Å². The zero-order valence-corrected chi connectivity index (χ0v) is 11.7. The summed E-state index contributed by atoms with van der Waals surface area (Å²) in [5.74, 6) is 0. The predicted octanol–water partition coefficient (Wildman–Crippen LogP) is 2.75. The summed E-state index contributed by atoms with van der Waals surface area (Å²) in [5, 5.41) is 5.26. The molecule has 1 fully saturated rings. The topological polar surface area (TPSA) is 54.5 Å². The molecule has 2 heterocycles. The molecule has 0 radical (unpaired) electrons. The molecular formula is C14H15N3O2S. The van der Waals surface area contributed by atoms with Crippen LogP contribution in [0.2, 0.25) is 0 Å². The van der Waals surface area contributed by atoms with Crippen LogP contribution in [-0.2, 0) is 4.74 Å². The zero-order valence-electron chi connectivity index (χ0n) is 10.9.